The number of aliphatic carboxylic acids is 1. The Morgan fingerprint density at radius 1 is 0.962 bits per heavy atom. The van der Waals surface area contributed by atoms with Crippen molar-refractivity contribution in [2.75, 3.05) is 5.32 Å². The van der Waals surface area contributed by atoms with Crippen LogP contribution in [0.3, 0.4) is 0 Å². The summed E-state index contributed by atoms with van der Waals surface area (Å²) < 4.78 is 0. The summed E-state index contributed by atoms with van der Waals surface area (Å²) in [5, 5.41) is 14.9. The summed E-state index contributed by atoms with van der Waals surface area (Å²) in [6, 6.07) is 6.81. The summed E-state index contributed by atoms with van der Waals surface area (Å²) in [5.41, 5.74) is 1.10. The smallest absolute Gasteiger partial charge is 0.306 e. The first-order valence-electron chi connectivity index (χ1n) is 9.47. The molecule has 2 amide bonds. The third-order valence-corrected chi connectivity index (χ3v) is 5.49. The van der Waals surface area contributed by atoms with Gasteiger partial charge < -0.3 is 15.7 Å². The Morgan fingerprint density at radius 3 is 2.42 bits per heavy atom. The number of anilines is 1. The fourth-order valence-corrected chi connectivity index (χ4v) is 3.95. The molecule has 1 aromatic rings. The van der Waals surface area contributed by atoms with E-state index in [0.29, 0.717) is 30.5 Å². The highest BCUT2D eigenvalue weighted by atomic mass is 16.4. The molecule has 26 heavy (non-hydrogen) atoms. The van der Waals surface area contributed by atoms with Gasteiger partial charge in [0, 0.05) is 23.2 Å². The van der Waals surface area contributed by atoms with Crippen molar-refractivity contribution in [3.8, 4) is 0 Å². The second kappa shape index (κ2) is 8.34. The summed E-state index contributed by atoms with van der Waals surface area (Å²) in [4.78, 5) is 35.8. The van der Waals surface area contributed by atoms with Crippen molar-refractivity contribution in [3.63, 3.8) is 0 Å². The Hall–Kier alpha value is -2.37. The van der Waals surface area contributed by atoms with Crippen molar-refractivity contribution in [3.05, 3.63) is 29.8 Å². The summed E-state index contributed by atoms with van der Waals surface area (Å²) >= 11 is 0. The van der Waals surface area contributed by atoms with Gasteiger partial charge in [-0.05, 0) is 50.3 Å². The molecule has 3 N–H and O–H groups in total. The van der Waals surface area contributed by atoms with Crippen molar-refractivity contribution in [2.45, 2.75) is 57.4 Å². The van der Waals surface area contributed by atoms with E-state index in [-0.39, 0.29) is 29.7 Å². The summed E-state index contributed by atoms with van der Waals surface area (Å²) in [5.74, 6) is -1.31. The van der Waals surface area contributed by atoms with Crippen molar-refractivity contribution < 1.29 is 19.5 Å². The normalized spacial score (nSPS) is 23.4. The van der Waals surface area contributed by atoms with E-state index in [1.54, 1.807) is 24.3 Å². The van der Waals surface area contributed by atoms with Crippen LogP contribution in [0, 0.1) is 11.8 Å². The van der Waals surface area contributed by atoms with Gasteiger partial charge in [-0.25, -0.2) is 0 Å². The Bertz CT molecular complexity index is 682. The standard InChI is InChI=1S/C20H26N2O4/c23-18(13-5-2-1-3-6-13)21-16-8-4-7-14(11-16)19(24)22-17-10-9-15(12-17)20(25)26/h4,7-8,11,13,15,17H,1-3,5-6,9-10,12H2,(H,21,23)(H,22,24)(H,25,26)/t15-,17+/m0/s1. The third-order valence-electron chi connectivity index (χ3n) is 5.49. The summed E-state index contributed by atoms with van der Waals surface area (Å²) in [7, 11) is 0. The Kier molecular flexibility index (Phi) is 5.91. The van der Waals surface area contributed by atoms with Gasteiger partial charge in [-0.1, -0.05) is 25.3 Å². The molecule has 140 valence electrons. The highest BCUT2D eigenvalue weighted by Gasteiger charge is 2.30. The summed E-state index contributed by atoms with van der Waals surface area (Å²) in [6.45, 7) is 0. The molecule has 0 heterocycles. The van der Waals surface area contributed by atoms with Crippen LogP contribution in [0.1, 0.15) is 61.7 Å². The van der Waals surface area contributed by atoms with Gasteiger partial charge in [-0.3, -0.25) is 14.4 Å². The second-order valence-corrected chi connectivity index (χ2v) is 7.42. The van der Waals surface area contributed by atoms with Gasteiger partial charge in [0.15, 0.2) is 0 Å². The molecule has 2 saturated carbocycles. The van der Waals surface area contributed by atoms with Crippen LogP contribution in [0.2, 0.25) is 0 Å². The molecule has 2 fully saturated rings. The Morgan fingerprint density at radius 2 is 1.73 bits per heavy atom. The van der Waals surface area contributed by atoms with Crippen LogP contribution in [-0.4, -0.2) is 28.9 Å². The molecule has 1 aromatic carbocycles. The molecule has 6 heteroatoms. The monoisotopic (exact) mass is 358 g/mol. The van der Waals surface area contributed by atoms with Crippen LogP contribution >= 0.6 is 0 Å². The molecule has 2 atom stereocenters. The fraction of sp³-hybridized carbons (Fsp3) is 0.550. The van der Waals surface area contributed by atoms with Crippen LogP contribution in [0.5, 0.6) is 0 Å². The van der Waals surface area contributed by atoms with Gasteiger partial charge in [0.2, 0.25) is 5.91 Å². The zero-order valence-corrected chi connectivity index (χ0v) is 14.9. The second-order valence-electron chi connectivity index (χ2n) is 7.42. The van der Waals surface area contributed by atoms with Crippen LogP contribution in [0.15, 0.2) is 24.3 Å². The van der Waals surface area contributed by atoms with E-state index in [4.69, 9.17) is 5.11 Å². The predicted octanol–water partition coefficient (Wildman–Crippen LogP) is 3.19. The van der Waals surface area contributed by atoms with Gasteiger partial charge in [0.1, 0.15) is 0 Å². The van der Waals surface area contributed by atoms with Crippen LogP contribution < -0.4 is 10.6 Å². The molecule has 0 spiro atoms. The van der Waals surface area contributed by atoms with Gasteiger partial charge in [-0.2, -0.15) is 0 Å². The molecule has 2 aliphatic carbocycles. The van der Waals surface area contributed by atoms with E-state index >= 15 is 0 Å². The Labute approximate surface area is 153 Å². The lowest BCUT2D eigenvalue weighted by molar-refractivity contribution is -0.141. The van der Waals surface area contributed by atoms with Crippen molar-refractivity contribution in [1.82, 2.24) is 5.32 Å². The molecular weight excluding hydrogens is 332 g/mol. The maximum absolute atomic E-state index is 12.4. The molecule has 0 aromatic heterocycles. The number of nitrogens with one attached hydrogen (secondary N) is 2. The maximum atomic E-state index is 12.4. The van der Waals surface area contributed by atoms with Crippen molar-refractivity contribution in [1.29, 1.82) is 0 Å². The van der Waals surface area contributed by atoms with Gasteiger partial charge in [0.05, 0.1) is 5.92 Å². The molecular formula is C20H26N2O4. The molecule has 6 nitrogen and oxygen atoms in total. The zero-order chi connectivity index (χ0) is 18.5. The van der Waals surface area contributed by atoms with E-state index in [2.05, 4.69) is 10.6 Å². The lowest BCUT2D eigenvalue weighted by Gasteiger charge is -2.21. The average molecular weight is 358 g/mol. The zero-order valence-electron chi connectivity index (χ0n) is 14.9. The predicted molar refractivity (Wildman–Crippen MR) is 97.9 cm³/mol. The SMILES string of the molecule is O=C(N[C@@H]1CC[C@H](C(=O)O)C1)c1cccc(NC(=O)C2CCCCC2)c1. The average Bonchev–Trinajstić information content (AvgIpc) is 3.11. The van der Waals surface area contributed by atoms with E-state index in [9.17, 15) is 14.4 Å². The van der Waals surface area contributed by atoms with Gasteiger partial charge >= 0.3 is 5.97 Å². The van der Waals surface area contributed by atoms with Gasteiger partial charge in [0.25, 0.3) is 5.91 Å². The molecule has 3 rings (SSSR count). The van der Waals surface area contributed by atoms with Crippen molar-refractivity contribution in [2.24, 2.45) is 11.8 Å². The molecule has 0 radical (unpaired) electrons. The lowest BCUT2D eigenvalue weighted by Crippen LogP contribution is -2.33. The molecule has 0 aliphatic heterocycles. The van der Waals surface area contributed by atoms with Gasteiger partial charge in [-0.15, -0.1) is 0 Å². The lowest BCUT2D eigenvalue weighted by atomic mass is 9.88. The number of benzene rings is 1. The first-order chi connectivity index (χ1) is 12.5. The highest BCUT2D eigenvalue weighted by molar-refractivity contribution is 5.97. The van der Waals surface area contributed by atoms with Crippen LogP contribution in [0.4, 0.5) is 5.69 Å². The summed E-state index contributed by atoms with van der Waals surface area (Å²) in [6.07, 6.45) is 7.00. The first kappa shape index (κ1) is 18.4. The number of hydrogen-bond acceptors (Lipinski definition) is 3. The molecule has 2 aliphatic rings. The maximum Gasteiger partial charge on any atom is 0.306 e. The largest absolute Gasteiger partial charge is 0.481 e. The number of carboxylic acid groups (broad SMARTS) is 1. The van der Waals surface area contributed by atoms with Crippen molar-refractivity contribution >= 4 is 23.5 Å². The number of carboxylic acids is 1. The number of amides is 2. The molecule has 0 bridgehead atoms. The minimum atomic E-state index is -0.797. The highest BCUT2D eigenvalue weighted by Crippen LogP contribution is 2.27. The van der Waals surface area contributed by atoms with E-state index in [0.717, 1.165) is 25.7 Å². The van der Waals surface area contributed by atoms with E-state index < -0.39 is 5.97 Å². The third kappa shape index (κ3) is 4.62. The van der Waals surface area contributed by atoms with E-state index in [1.807, 2.05) is 0 Å². The van der Waals surface area contributed by atoms with E-state index in [1.165, 1.54) is 6.42 Å². The Balaban J connectivity index is 1.57. The minimum Gasteiger partial charge on any atom is -0.481 e. The minimum absolute atomic E-state index is 0.0300. The number of rotatable bonds is 5. The number of carbonyl (C=O) groups is 3. The molecule has 0 unspecified atom stereocenters. The topological polar surface area (TPSA) is 95.5 Å². The fourth-order valence-electron chi connectivity index (χ4n) is 3.95. The first-order valence-corrected chi connectivity index (χ1v) is 9.47. The van der Waals surface area contributed by atoms with Crippen LogP contribution in [0.25, 0.3) is 0 Å². The number of hydrogen-bond donors (Lipinski definition) is 3. The number of carbonyl (C=O) groups excluding carboxylic acids is 2. The van der Waals surface area contributed by atoms with Crippen LogP contribution in [-0.2, 0) is 9.59 Å². The molecule has 0 saturated heterocycles. The quantitative estimate of drug-likeness (QED) is 0.753.